The first kappa shape index (κ1) is 18.9. The number of benzene rings is 2. The molecule has 0 spiro atoms. The van der Waals surface area contributed by atoms with E-state index in [-0.39, 0.29) is 17.2 Å². The third kappa shape index (κ3) is 3.51. The third-order valence-electron chi connectivity index (χ3n) is 5.03. The number of anilines is 2. The normalized spacial score (nSPS) is 13.8. The highest BCUT2D eigenvalue weighted by molar-refractivity contribution is 6.13. The highest BCUT2D eigenvalue weighted by Crippen LogP contribution is 2.30. The van der Waals surface area contributed by atoms with Crippen molar-refractivity contribution >= 4 is 34.0 Å². The molecule has 1 aliphatic heterocycles. The number of amides is 2. The van der Waals surface area contributed by atoms with Gasteiger partial charge in [0.2, 0.25) is 5.91 Å². The SMILES string of the molecule is CCCn1nc(C(=O)Nc2ccccc2N2CCCC2=O)c2ccccc2c1=O. The van der Waals surface area contributed by atoms with Gasteiger partial charge in [-0.15, -0.1) is 0 Å². The van der Waals surface area contributed by atoms with Crippen molar-refractivity contribution in [2.24, 2.45) is 0 Å². The predicted octanol–water partition coefficient (Wildman–Crippen LogP) is 3.19. The second-order valence-corrected chi connectivity index (χ2v) is 7.04. The van der Waals surface area contributed by atoms with Crippen molar-refractivity contribution in [3.63, 3.8) is 0 Å². The van der Waals surface area contributed by atoms with E-state index in [9.17, 15) is 14.4 Å². The van der Waals surface area contributed by atoms with Gasteiger partial charge in [0, 0.05) is 24.9 Å². The van der Waals surface area contributed by atoms with Gasteiger partial charge in [-0.1, -0.05) is 37.3 Å². The molecule has 3 aromatic rings. The zero-order chi connectivity index (χ0) is 20.4. The lowest BCUT2D eigenvalue weighted by molar-refractivity contribution is -0.117. The van der Waals surface area contributed by atoms with Gasteiger partial charge in [0.05, 0.1) is 16.8 Å². The summed E-state index contributed by atoms with van der Waals surface area (Å²) in [5, 5.41) is 8.21. The summed E-state index contributed by atoms with van der Waals surface area (Å²) in [6, 6.07) is 14.2. The van der Waals surface area contributed by atoms with Crippen LogP contribution in [-0.4, -0.2) is 28.1 Å². The summed E-state index contributed by atoms with van der Waals surface area (Å²) in [5.74, 6) is -0.364. The van der Waals surface area contributed by atoms with E-state index in [1.54, 1.807) is 35.2 Å². The van der Waals surface area contributed by atoms with E-state index in [0.29, 0.717) is 41.7 Å². The molecule has 0 saturated carbocycles. The number of hydrogen-bond donors (Lipinski definition) is 1. The molecular weight excluding hydrogens is 368 g/mol. The molecule has 4 rings (SSSR count). The predicted molar refractivity (Wildman–Crippen MR) is 112 cm³/mol. The van der Waals surface area contributed by atoms with Crippen LogP contribution in [-0.2, 0) is 11.3 Å². The number of nitrogens with one attached hydrogen (secondary N) is 1. The average Bonchev–Trinajstić information content (AvgIpc) is 3.16. The van der Waals surface area contributed by atoms with Crippen LogP contribution in [0.3, 0.4) is 0 Å². The highest BCUT2D eigenvalue weighted by Gasteiger charge is 2.25. The van der Waals surface area contributed by atoms with Gasteiger partial charge in [-0.3, -0.25) is 14.4 Å². The highest BCUT2D eigenvalue weighted by atomic mass is 16.2. The van der Waals surface area contributed by atoms with E-state index in [0.717, 1.165) is 12.8 Å². The van der Waals surface area contributed by atoms with Crippen molar-refractivity contribution in [1.82, 2.24) is 9.78 Å². The number of hydrogen-bond acceptors (Lipinski definition) is 4. The molecule has 0 radical (unpaired) electrons. The van der Waals surface area contributed by atoms with E-state index in [1.807, 2.05) is 25.1 Å². The molecule has 2 amide bonds. The number of aryl methyl sites for hydroxylation is 1. The second-order valence-electron chi connectivity index (χ2n) is 7.04. The molecule has 1 aliphatic rings. The van der Waals surface area contributed by atoms with Gasteiger partial charge in [-0.2, -0.15) is 5.10 Å². The van der Waals surface area contributed by atoms with E-state index in [1.165, 1.54) is 4.68 Å². The van der Waals surface area contributed by atoms with Crippen molar-refractivity contribution in [2.75, 3.05) is 16.8 Å². The van der Waals surface area contributed by atoms with Gasteiger partial charge in [0.25, 0.3) is 11.5 Å². The Morgan fingerprint density at radius 1 is 1.07 bits per heavy atom. The number of rotatable bonds is 5. The Morgan fingerprint density at radius 3 is 2.52 bits per heavy atom. The number of fused-ring (bicyclic) bond motifs is 1. The molecule has 2 aromatic carbocycles. The molecule has 0 atom stereocenters. The van der Waals surface area contributed by atoms with Crippen LogP contribution in [0.5, 0.6) is 0 Å². The number of aromatic nitrogens is 2. The standard InChI is InChI=1S/C22H22N4O3/c1-2-13-26-22(29)16-9-4-3-8-15(16)20(24-26)21(28)23-17-10-5-6-11-18(17)25-14-7-12-19(25)27/h3-6,8-11H,2,7,12-14H2,1H3,(H,23,28). The van der Waals surface area contributed by atoms with Gasteiger partial charge < -0.3 is 10.2 Å². The van der Waals surface area contributed by atoms with Crippen molar-refractivity contribution in [3.05, 3.63) is 64.6 Å². The first-order valence-corrected chi connectivity index (χ1v) is 9.80. The Morgan fingerprint density at radius 2 is 1.79 bits per heavy atom. The first-order valence-electron chi connectivity index (χ1n) is 9.80. The molecule has 148 valence electrons. The number of nitrogens with zero attached hydrogens (tertiary/aromatic N) is 3. The topological polar surface area (TPSA) is 84.3 Å². The molecule has 1 saturated heterocycles. The molecule has 1 aromatic heterocycles. The molecule has 1 N–H and O–H groups in total. The molecule has 7 nitrogen and oxygen atoms in total. The van der Waals surface area contributed by atoms with Crippen molar-refractivity contribution in [2.45, 2.75) is 32.7 Å². The van der Waals surface area contributed by atoms with Gasteiger partial charge in [0.15, 0.2) is 5.69 Å². The summed E-state index contributed by atoms with van der Waals surface area (Å²) in [5.41, 5.74) is 1.21. The summed E-state index contributed by atoms with van der Waals surface area (Å²) in [6.45, 7) is 3.02. The maximum absolute atomic E-state index is 13.2. The minimum Gasteiger partial charge on any atom is -0.319 e. The second kappa shape index (κ2) is 7.87. The summed E-state index contributed by atoms with van der Waals surface area (Å²) in [7, 11) is 0. The Balaban J connectivity index is 1.75. The minimum absolute atomic E-state index is 0.0479. The molecule has 1 fully saturated rings. The Labute approximate surface area is 167 Å². The van der Waals surface area contributed by atoms with Crippen LogP contribution in [0, 0.1) is 0 Å². The first-order chi connectivity index (χ1) is 14.1. The molecule has 2 heterocycles. The van der Waals surface area contributed by atoms with E-state index < -0.39 is 5.91 Å². The summed E-state index contributed by atoms with van der Waals surface area (Å²) in [6.07, 6.45) is 2.04. The van der Waals surface area contributed by atoms with E-state index in [4.69, 9.17) is 0 Å². The van der Waals surface area contributed by atoms with Crippen LogP contribution in [0.4, 0.5) is 11.4 Å². The lowest BCUT2D eigenvalue weighted by Gasteiger charge is -2.20. The zero-order valence-corrected chi connectivity index (χ0v) is 16.2. The molecule has 0 bridgehead atoms. The van der Waals surface area contributed by atoms with Crippen LogP contribution in [0.15, 0.2) is 53.3 Å². The van der Waals surface area contributed by atoms with Gasteiger partial charge >= 0.3 is 0 Å². The quantitative estimate of drug-likeness (QED) is 0.725. The van der Waals surface area contributed by atoms with Crippen LogP contribution in [0.1, 0.15) is 36.7 Å². The van der Waals surface area contributed by atoms with Crippen LogP contribution in [0.25, 0.3) is 10.8 Å². The van der Waals surface area contributed by atoms with Gasteiger partial charge in [-0.05, 0) is 31.0 Å². The monoisotopic (exact) mass is 390 g/mol. The van der Waals surface area contributed by atoms with Gasteiger partial charge in [-0.25, -0.2) is 4.68 Å². The average molecular weight is 390 g/mol. The maximum atomic E-state index is 13.2. The fraction of sp³-hybridized carbons (Fsp3) is 0.273. The minimum atomic E-state index is -0.412. The molecular formula is C22H22N4O3. The summed E-state index contributed by atoms with van der Waals surface area (Å²) < 4.78 is 1.34. The molecule has 0 aliphatic carbocycles. The number of carbonyl (C=O) groups is 2. The fourth-order valence-corrected chi connectivity index (χ4v) is 3.67. The van der Waals surface area contributed by atoms with Crippen molar-refractivity contribution in [1.29, 1.82) is 0 Å². The van der Waals surface area contributed by atoms with Crippen molar-refractivity contribution < 1.29 is 9.59 Å². The summed E-state index contributed by atoms with van der Waals surface area (Å²) >= 11 is 0. The fourth-order valence-electron chi connectivity index (χ4n) is 3.67. The molecule has 0 unspecified atom stereocenters. The lowest BCUT2D eigenvalue weighted by atomic mass is 10.1. The third-order valence-corrected chi connectivity index (χ3v) is 5.03. The van der Waals surface area contributed by atoms with Crippen LogP contribution in [0.2, 0.25) is 0 Å². The molecule has 29 heavy (non-hydrogen) atoms. The zero-order valence-electron chi connectivity index (χ0n) is 16.2. The molecule has 7 heteroatoms. The van der Waals surface area contributed by atoms with E-state index >= 15 is 0 Å². The van der Waals surface area contributed by atoms with Crippen LogP contribution >= 0.6 is 0 Å². The number of carbonyl (C=O) groups excluding carboxylic acids is 2. The smallest absolute Gasteiger partial charge is 0.276 e. The Bertz CT molecular complexity index is 1150. The van der Waals surface area contributed by atoms with Crippen molar-refractivity contribution in [3.8, 4) is 0 Å². The summed E-state index contributed by atoms with van der Waals surface area (Å²) in [4.78, 5) is 39.7. The Kier molecular flexibility index (Phi) is 5.12. The van der Waals surface area contributed by atoms with E-state index in [2.05, 4.69) is 10.4 Å². The largest absolute Gasteiger partial charge is 0.319 e. The number of para-hydroxylation sites is 2. The van der Waals surface area contributed by atoms with Crippen LogP contribution < -0.4 is 15.8 Å². The Hall–Kier alpha value is -3.48. The van der Waals surface area contributed by atoms with Gasteiger partial charge in [0.1, 0.15) is 0 Å². The maximum Gasteiger partial charge on any atom is 0.276 e. The lowest BCUT2D eigenvalue weighted by Crippen LogP contribution is -2.28.